The summed E-state index contributed by atoms with van der Waals surface area (Å²) in [7, 11) is 1.65. The van der Waals surface area contributed by atoms with Crippen LogP contribution in [0.15, 0.2) is 53.3 Å². The van der Waals surface area contributed by atoms with Crippen molar-refractivity contribution in [2.24, 2.45) is 0 Å². The summed E-state index contributed by atoms with van der Waals surface area (Å²) < 4.78 is 5.20. The molecule has 1 aromatic heterocycles. The fraction of sp³-hybridized carbons (Fsp3) is 0.273. The molecule has 1 saturated heterocycles. The number of rotatable bonds is 3. The topological polar surface area (TPSA) is 65.6 Å². The number of ether oxygens (including phenoxy) is 1. The minimum Gasteiger partial charge on any atom is -0.497 e. The first kappa shape index (κ1) is 18.1. The van der Waals surface area contributed by atoms with E-state index in [-0.39, 0.29) is 11.3 Å². The number of anilines is 1. The standard InChI is InChI=1S/C22H23N3O3/c1-15-13-21(26)19-14-16(3-8-20(19)23-15)22(27)25-11-9-24(10-12-25)17-4-6-18(28-2)7-5-17/h3-8,13-14H,9-12H2,1-2H3,(H,23,26). The SMILES string of the molecule is COc1ccc(N2CCN(C(=O)c3ccc4[nH]c(C)cc(=O)c4c3)CC2)cc1. The van der Waals surface area contributed by atoms with Crippen molar-refractivity contribution >= 4 is 22.5 Å². The number of aryl methyl sites for hydroxylation is 1. The lowest BCUT2D eigenvalue weighted by Crippen LogP contribution is -2.48. The summed E-state index contributed by atoms with van der Waals surface area (Å²) in [4.78, 5) is 32.4. The Bertz CT molecular complexity index is 1060. The second-order valence-corrected chi connectivity index (χ2v) is 7.05. The highest BCUT2D eigenvalue weighted by Crippen LogP contribution is 2.21. The molecule has 0 bridgehead atoms. The Kier molecular flexibility index (Phi) is 4.77. The second kappa shape index (κ2) is 7.38. The number of carbonyl (C=O) groups is 1. The van der Waals surface area contributed by atoms with E-state index in [0.29, 0.717) is 24.0 Å². The van der Waals surface area contributed by atoms with Crippen molar-refractivity contribution in [2.45, 2.75) is 6.92 Å². The smallest absolute Gasteiger partial charge is 0.254 e. The van der Waals surface area contributed by atoms with Crippen molar-refractivity contribution < 1.29 is 9.53 Å². The Morgan fingerprint density at radius 3 is 2.39 bits per heavy atom. The Balaban J connectivity index is 1.47. The summed E-state index contributed by atoms with van der Waals surface area (Å²) in [5.74, 6) is 0.801. The third-order valence-electron chi connectivity index (χ3n) is 5.22. The van der Waals surface area contributed by atoms with Crippen LogP contribution in [0.4, 0.5) is 5.69 Å². The van der Waals surface area contributed by atoms with Crippen LogP contribution in [-0.2, 0) is 0 Å². The van der Waals surface area contributed by atoms with E-state index < -0.39 is 0 Å². The molecule has 0 radical (unpaired) electrons. The van der Waals surface area contributed by atoms with Gasteiger partial charge in [-0.3, -0.25) is 9.59 Å². The van der Waals surface area contributed by atoms with Crippen LogP contribution < -0.4 is 15.1 Å². The Hall–Kier alpha value is -3.28. The Morgan fingerprint density at radius 1 is 1.00 bits per heavy atom. The number of nitrogens with one attached hydrogen (secondary N) is 1. The molecule has 0 unspecified atom stereocenters. The van der Waals surface area contributed by atoms with Gasteiger partial charge in [0.05, 0.1) is 7.11 Å². The number of pyridine rings is 1. The predicted octanol–water partition coefficient (Wildman–Crippen LogP) is 2.81. The molecule has 6 nitrogen and oxygen atoms in total. The number of hydrogen-bond acceptors (Lipinski definition) is 4. The lowest BCUT2D eigenvalue weighted by atomic mass is 10.1. The van der Waals surface area contributed by atoms with Gasteiger partial charge in [-0.25, -0.2) is 0 Å². The molecule has 2 heterocycles. The van der Waals surface area contributed by atoms with Gasteiger partial charge in [0.25, 0.3) is 5.91 Å². The van der Waals surface area contributed by atoms with E-state index in [2.05, 4.69) is 9.88 Å². The van der Waals surface area contributed by atoms with Gasteiger partial charge in [-0.15, -0.1) is 0 Å². The summed E-state index contributed by atoms with van der Waals surface area (Å²) >= 11 is 0. The van der Waals surface area contributed by atoms with Crippen LogP contribution in [0.1, 0.15) is 16.1 Å². The molecule has 28 heavy (non-hydrogen) atoms. The summed E-state index contributed by atoms with van der Waals surface area (Å²) in [6.45, 7) is 4.68. The van der Waals surface area contributed by atoms with Crippen LogP contribution in [-0.4, -0.2) is 49.1 Å². The van der Waals surface area contributed by atoms with E-state index in [4.69, 9.17) is 4.74 Å². The molecule has 144 valence electrons. The van der Waals surface area contributed by atoms with Gasteiger partial charge in [0.1, 0.15) is 5.75 Å². The molecule has 6 heteroatoms. The first-order valence-electron chi connectivity index (χ1n) is 9.37. The average molecular weight is 377 g/mol. The largest absolute Gasteiger partial charge is 0.497 e. The lowest BCUT2D eigenvalue weighted by Gasteiger charge is -2.36. The van der Waals surface area contributed by atoms with Gasteiger partial charge in [-0.05, 0) is 49.4 Å². The van der Waals surface area contributed by atoms with Gasteiger partial charge in [0.15, 0.2) is 5.43 Å². The molecular weight excluding hydrogens is 354 g/mol. The minimum atomic E-state index is -0.0646. The third kappa shape index (κ3) is 3.45. The van der Waals surface area contributed by atoms with E-state index in [9.17, 15) is 9.59 Å². The Morgan fingerprint density at radius 2 is 1.71 bits per heavy atom. The predicted molar refractivity (Wildman–Crippen MR) is 110 cm³/mol. The first-order chi connectivity index (χ1) is 13.5. The molecule has 0 atom stereocenters. The van der Waals surface area contributed by atoms with Crippen LogP contribution in [0.25, 0.3) is 10.9 Å². The fourth-order valence-corrected chi connectivity index (χ4v) is 3.66. The molecule has 0 aliphatic carbocycles. The number of aromatic nitrogens is 1. The number of piperazine rings is 1. The highest BCUT2D eigenvalue weighted by Gasteiger charge is 2.22. The first-order valence-corrected chi connectivity index (χ1v) is 9.37. The van der Waals surface area contributed by atoms with Crippen molar-refractivity contribution in [1.82, 2.24) is 9.88 Å². The second-order valence-electron chi connectivity index (χ2n) is 7.05. The van der Waals surface area contributed by atoms with Crippen molar-refractivity contribution in [1.29, 1.82) is 0 Å². The van der Waals surface area contributed by atoms with Gasteiger partial charge < -0.3 is 19.5 Å². The van der Waals surface area contributed by atoms with Gasteiger partial charge >= 0.3 is 0 Å². The zero-order valence-electron chi connectivity index (χ0n) is 16.1. The zero-order chi connectivity index (χ0) is 19.7. The van der Waals surface area contributed by atoms with E-state index in [1.54, 1.807) is 25.3 Å². The van der Waals surface area contributed by atoms with Crippen LogP contribution in [0.5, 0.6) is 5.75 Å². The van der Waals surface area contributed by atoms with Crippen molar-refractivity contribution in [2.75, 3.05) is 38.2 Å². The molecule has 1 N–H and O–H groups in total. The number of aromatic amines is 1. The maximum absolute atomic E-state index is 12.9. The number of hydrogen-bond donors (Lipinski definition) is 1. The normalized spacial score (nSPS) is 14.4. The fourth-order valence-electron chi connectivity index (χ4n) is 3.66. The van der Waals surface area contributed by atoms with Gasteiger partial charge in [-0.1, -0.05) is 0 Å². The average Bonchev–Trinajstić information content (AvgIpc) is 2.73. The minimum absolute atomic E-state index is 0.0312. The number of amides is 1. The maximum atomic E-state index is 12.9. The van der Waals surface area contributed by atoms with Crippen molar-refractivity contribution in [3.63, 3.8) is 0 Å². The van der Waals surface area contributed by atoms with Gasteiger partial charge in [0, 0.05) is 60.1 Å². The molecule has 1 fully saturated rings. The summed E-state index contributed by atoms with van der Waals surface area (Å²) in [6, 6.07) is 14.8. The van der Waals surface area contributed by atoms with E-state index in [1.165, 1.54) is 0 Å². The molecule has 0 saturated carbocycles. The number of methoxy groups -OCH3 is 1. The van der Waals surface area contributed by atoms with E-state index >= 15 is 0 Å². The zero-order valence-corrected chi connectivity index (χ0v) is 16.1. The van der Waals surface area contributed by atoms with Crippen molar-refractivity contribution in [3.05, 3.63) is 70.0 Å². The van der Waals surface area contributed by atoms with Crippen LogP contribution in [0.3, 0.4) is 0 Å². The molecule has 4 rings (SSSR count). The van der Waals surface area contributed by atoms with Crippen LogP contribution >= 0.6 is 0 Å². The quantitative estimate of drug-likeness (QED) is 0.762. The number of carbonyl (C=O) groups excluding carboxylic acids is 1. The maximum Gasteiger partial charge on any atom is 0.254 e. The van der Waals surface area contributed by atoms with Crippen LogP contribution in [0, 0.1) is 6.92 Å². The lowest BCUT2D eigenvalue weighted by molar-refractivity contribution is 0.0747. The Labute approximate surface area is 163 Å². The van der Waals surface area contributed by atoms with E-state index in [0.717, 1.165) is 35.7 Å². The van der Waals surface area contributed by atoms with Crippen LogP contribution in [0.2, 0.25) is 0 Å². The molecule has 1 amide bonds. The van der Waals surface area contributed by atoms with Gasteiger partial charge in [-0.2, -0.15) is 0 Å². The monoisotopic (exact) mass is 377 g/mol. The molecular formula is C22H23N3O3. The third-order valence-corrected chi connectivity index (χ3v) is 5.22. The molecule has 0 spiro atoms. The molecule has 1 aliphatic rings. The highest BCUT2D eigenvalue weighted by atomic mass is 16.5. The summed E-state index contributed by atoms with van der Waals surface area (Å²) in [5.41, 5.74) is 3.18. The van der Waals surface area contributed by atoms with E-state index in [1.807, 2.05) is 42.2 Å². The number of nitrogens with zero attached hydrogens (tertiary/aromatic N) is 2. The number of benzene rings is 2. The molecule has 3 aromatic rings. The molecule has 1 aliphatic heterocycles. The van der Waals surface area contributed by atoms with Crippen molar-refractivity contribution in [3.8, 4) is 5.75 Å². The summed E-state index contributed by atoms with van der Waals surface area (Å²) in [6.07, 6.45) is 0. The highest BCUT2D eigenvalue weighted by molar-refractivity contribution is 5.98. The number of fused-ring (bicyclic) bond motifs is 1. The number of H-pyrrole nitrogens is 1. The summed E-state index contributed by atoms with van der Waals surface area (Å²) in [5, 5.41) is 0.549. The molecule has 2 aromatic carbocycles. The van der Waals surface area contributed by atoms with Gasteiger partial charge in [0.2, 0.25) is 0 Å².